The zero-order chi connectivity index (χ0) is 13.9. The number of nitrogens with zero attached hydrogens (tertiary/aromatic N) is 1. The van der Waals surface area contributed by atoms with E-state index in [0.29, 0.717) is 11.5 Å². The summed E-state index contributed by atoms with van der Waals surface area (Å²) in [6, 6.07) is 5.24. The van der Waals surface area contributed by atoms with Gasteiger partial charge in [-0.05, 0) is 23.8 Å². The van der Waals surface area contributed by atoms with Crippen LogP contribution in [0.15, 0.2) is 46.0 Å². The molecule has 19 heavy (non-hydrogen) atoms. The van der Waals surface area contributed by atoms with Crippen molar-refractivity contribution in [1.82, 2.24) is 4.98 Å². The van der Waals surface area contributed by atoms with Gasteiger partial charge in [0.05, 0.1) is 6.20 Å². The minimum atomic E-state index is -4.74. The third-order valence-corrected chi connectivity index (χ3v) is 3.29. The number of alkyl halides is 3. The summed E-state index contributed by atoms with van der Waals surface area (Å²) >= 11 is 0. The van der Waals surface area contributed by atoms with Crippen LogP contribution < -0.4 is 0 Å². The molecule has 1 aromatic carbocycles. The Kier molecular flexibility index (Phi) is 3.84. The van der Waals surface area contributed by atoms with E-state index in [-0.39, 0.29) is 4.90 Å². The molecule has 1 heterocycles. The second-order valence-corrected chi connectivity index (χ2v) is 4.96. The number of halogens is 3. The molecule has 1 unspecified atom stereocenters. The minimum Gasteiger partial charge on any atom is -0.445 e. The Morgan fingerprint density at radius 1 is 1.16 bits per heavy atom. The van der Waals surface area contributed by atoms with Gasteiger partial charge in [-0.2, -0.15) is 13.2 Å². The van der Waals surface area contributed by atoms with Gasteiger partial charge in [-0.15, -0.1) is 0 Å². The molecule has 0 aliphatic heterocycles. The first-order chi connectivity index (χ1) is 8.97. The van der Waals surface area contributed by atoms with Crippen LogP contribution in [0.25, 0.3) is 12.2 Å². The third kappa shape index (κ3) is 3.54. The van der Waals surface area contributed by atoms with Crippen LogP contribution in [0, 0.1) is 0 Å². The number of benzene rings is 1. The summed E-state index contributed by atoms with van der Waals surface area (Å²) in [5.41, 5.74) is -4.09. The molecule has 3 nitrogen and oxygen atoms in total. The Balaban J connectivity index is 2.13. The van der Waals surface area contributed by atoms with Gasteiger partial charge in [-0.25, -0.2) is 9.19 Å². The smallest absolute Gasteiger partial charge is 0.445 e. The molecule has 0 N–H and O–H groups in total. The quantitative estimate of drug-likeness (QED) is 0.868. The van der Waals surface area contributed by atoms with Gasteiger partial charge in [0.25, 0.3) is 0 Å². The second-order valence-electron chi connectivity index (χ2n) is 3.49. The van der Waals surface area contributed by atoms with E-state index in [4.69, 9.17) is 4.42 Å². The lowest BCUT2D eigenvalue weighted by Crippen LogP contribution is -2.16. The summed E-state index contributed by atoms with van der Waals surface area (Å²) < 4.78 is 52.7. The summed E-state index contributed by atoms with van der Waals surface area (Å²) in [6.07, 6.45) is 6.10. The Bertz CT molecular complexity index is 588. The van der Waals surface area contributed by atoms with Crippen molar-refractivity contribution >= 4 is 23.0 Å². The Morgan fingerprint density at radius 3 is 2.37 bits per heavy atom. The SMILES string of the molecule is O=S(c1ccc(C=Cc2ncco2)cc1)C(F)(F)F. The normalized spacial score (nSPS) is 13.8. The molecule has 0 amide bonds. The maximum atomic E-state index is 12.2. The summed E-state index contributed by atoms with van der Waals surface area (Å²) in [7, 11) is -3.00. The van der Waals surface area contributed by atoms with Crippen molar-refractivity contribution in [3.8, 4) is 0 Å². The molecule has 0 aliphatic carbocycles. The lowest BCUT2D eigenvalue weighted by molar-refractivity contribution is -0.0384. The van der Waals surface area contributed by atoms with E-state index in [0.717, 1.165) is 0 Å². The largest absolute Gasteiger partial charge is 0.475 e. The van der Waals surface area contributed by atoms with Crippen LogP contribution in [0.2, 0.25) is 0 Å². The highest BCUT2D eigenvalue weighted by atomic mass is 32.2. The molecule has 0 aliphatic rings. The zero-order valence-corrected chi connectivity index (χ0v) is 10.2. The summed E-state index contributed by atoms with van der Waals surface area (Å²) in [5, 5.41) is 0. The Labute approximate surface area is 109 Å². The van der Waals surface area contributed by atoms with E-state index in [2.05, 4.69) is 4.98 Å². The molecule has 100 valence electrons. The summed E-state index contributed by atoms with van der Waals surface area (Å²) in [6.45, 7) is 0. The van der Waals surface area contributed by atoms with E-state index in [1.165, 1.54) is 36.7 Å². The molecule has 1 aromatic heterocycles. The van der Waals surface area contributed by atoms with Crippen LogP contribution in [0.4, 0.5) is 13.2 Å². The van der Waals surface area contributed by atoms with Gasteiger partial charge in [0, 0.05) is 11.0 Å². The van der Waals surface area contributed by atoms with Crippen LogP contribution in [0.1, 0.15) is 11.5 Å². The fourth-order valence-corrected chi connectivity index (χ4v) is 1.97. The van der Waals surface area contributed by atoms with Crippen molar-refractivity contribution in [1.29, 1.82) is 0 Å². The molecule has 0 saturated heterocycles. The van der Waals surface area contributed by atoms with Gasteiger partial charge in [0.2, 0.25) is 5.89 Å². The van der Waals surface area contributed by atoms with E-state index in [1.807, 2.05) is 0 Å². The second kappa shape index (κ2) is 5.40. The maximum absolute atomic E-state index is 12.2. The van der Waals surface area contributed by atoms with Gasteiger partial charge in [-0.1, -0.05) is 12.1 Å². The van der Waals surface area contributed by atoms with Crippen LogP contribution in [-0.4, -0.2) is 14.7 Å². The molecule has 0 bridgehead atoms. The van der Waals surface area contributed by atoms with Crippen molar-refractivity contribution < 1.29 is 21.8 Å². The first-order valence-electron chi connectivity index (χ1n) is 5.13. The highest BCUT2D eigenvalue weighted by Gasteiger charge is 2.37. The van der Waals surface area contributed by atoms with Gasteiger partial charge >= 0.3 is 5.51 Å². The molecular weight excluding hydrogens is 279 g/mol. The van der Waals surface area contributed by atoms with Crippen molar-refractivity contribution in [2.24, 2.45) is 0 Å². The molecule has 1 atom stereocenters. The fraction of sp³-hybridized carbons (Fsp3) is 0.0833. The average Bonchev–Trinajstić information content (AvgIpc) is 2.88. The van der Waals surface area contributed by atoms with Gasteiger partial charge < -0.3 is 4.42 Å². The number of hydrogen-bond acceptors (Lipinski definition) is 3. The average molecular weight is 287 g/mol. The predicted molar refractivity (Wildman–Crippen MR) is 64.3 cm³/mol. The van der Waals surface area contributed by atoms with Gasteiger partial charge in [0.15, 0.2) is 10.8 Å². The molecule has 0 spiro atoms. The maximum Gasteiger partial charge on any atom is 0.475 e. The molecule has 2 aromatic rings. The number of rotatable bonds is 3. The first-order valence-corrected chi connectivity index (χ1v) is 6.28. The minimum absolute atomic E-state index is 0.277. The fourth-order valence-electron chi connectivity index (χ4n) is 1.32. The van der Waals surface area contributed by atoms with Crippen LogP contribution >= 0.6 is 0 Å². The summed E-state index contributed by atoms with van der Waals surface area (Å²) in [5.74, 6) is 0.392. The van der Waals surface area contributed by atoms with Gasteiger partial charge in [-0.3, -0.25) is 0 Å². The highest BCUT2D eigenvalue weighted by molar-refractivity contribution is 7.86. The third-order valence-electron chi connectivity index (χ3n) is 2.17. The molecule has 0 fully saturated rings. The van der Waals surface area contributed by atoms with Crippen molar-refractivity contribution in [2.45, 2.75) is 10.4 Å². The molecule has 2 rings (SSSR count). The zero-order valence-electron chi connectivity index (χ0n) is 9.42. The summed E-state index contributed by atoms with van der Waals surface area (Å²) in [4.78, 5) is 3.58. The van der Waals surface area contributed by atoms with Crippen molar-refractivity contribution in [3.63, 3.8) is 0 Å². The first kappa shape index (κ1) is 13.5. The Hall–Kier alpha value is -1.89. The number of oxazole rings is 1. The molecule has 7 heteroatoms. The lowest BCUT2D eigenvalue weighted by atomic mass is 10.2. The standard InChI is InChI=1S/C12H8F3NO2S/c13-12(14,15)19(17)10-4-1-9(2-5-10)3-6-11-16-7-8-18-11/h1-8H. The number of aromatic nitrogens is 1. The topological polar surface area (TPSA) is 43.1 Å². The van der Waals surface area contributed by atoms with Crippen molar-refractivity contribution in [3.05, 3.63) is 48.2 Å². The van der Waals surface area contributed by atoms with Gasteiger partial charge in [0.1, 0.15) is 6.26 Å². The number of hydrogen-bond donors (Lipinski definition) is 0. The lowest BCUT2D eigenvalue weighted by Gasteiger charge is -2.05. The molecule has 0 radical (unpaired) electrons. The predicted octanol–water partition coefficient (Wildman–Crippen LogP) is 3.47. The Morgan fingerprint density at radius 2 is 1.84 bits per heavy atom. The van der Waals surface area contributed by atoms with E-state index < -0.39 is 16.3 Å². The monoisotopic (exact) mass is 287 g/mol. The highest BCUT2D eigenvalue weighted by Crippen LogP contribution is 2.26. The van der Waals surface area contributed by atoms with E-state index in [9.17, 15) is 17.4 Å². The van der Waals surface area contributed by atoms with Crippen LogP contribution in [0.3, 0.4) is 0 Å². The van der Waals surface area contributed by atoms with E-state index >= 15 is 0 Å². The van der Waals surface area contributed by atoms with E-state index in [1.54, 1.807) is 12.2 Å². The molecule has 0 saturated carbocycles. The van der Waals surface area contributed by atoms with Crippen LogP contribution in [-0.2, 0) is 10.8 Å². The van der Waals surface area contributed by atoms with Crippen LogP contribution in [0.5, 0.6) is 0 Å². The molecular formula is C12H8F3NO2S. The van der Waals surface area contributed by atoms with Crippen molar-refractivity contribution in [2.75, 3.05) is 0 Å².